The SMILES string of the molecule is CCNc1ccc(S(C)(=O)=O)cc1C(=O)N1CCNCC1. The van der Waals surface area contributed by atoms with Gasteiger partial charge in [-0.15, -0.1) is 0 Å². The summed E-state index contributed by atoms with van der Waals surface area (Å²) < 4.78 is 23.4. The van der Waals surface area contributed by atoms with Gasteiger partial charge in [0.25, 0.3) is 5.91 Å². The molecule has 0 radical (unpaired) electrons. The summed E-state index contributed by atoms with van der Waals surface area (Å²) in [6, 6.07) is 4.66. The van der Waals surface area contributed by atoms with E-state index >= 15 is 0 Å². The summed E-state index contributed by atoms with van der Waals surface area (Å²) in [5.41, 5.74) is 1.09. The second kappa shape index (κ2) is 6.44. The molecule has 1 amide bonds. The quantitative estimate of drug-likeness (QED) is 0.850. The predicted octanol–water partition coefficient (Wildman–Crippen LogP) is 0.567. The second-order valence-corrected chi connectivity index (χ2v) is 7.07. The number of hydrogen-bond donors (Lipinski definition) is 2. The van der Waals surface area contributed by atoms with Gasteiger partial charge in [0.2, 0.25) is 0 Å². The van der Waals surface area contributed by atoms with Crippen molar-refractivity contribution in [3.05, 3.63) is 23.8 Å². The molecule has 6 nitrogen and oxygen atoms in total. The van der Waals surface area contributed by atoms with Crippen molar-refractivity contribution in [2.24, 2.45) is 0 Å². The number of piperazine rings is 1. The van der Waals surface area contributed by atoms with Crippen molar-refractivity contribution in [1.82, 2.24) is 10.2 Å². The Morgan fingerprint density at radius 3 is 2.57 bits per heavy atom. The van der Waals surface area contributed by atoms with Gasteiger partial charge in [0, 0.05) is 44.7 Å². The number of rotatable bonds is 4. The molecule has 1 fully saturated rings. The minimum absolute atomic E-state index is 0.127. The molecule has 1 saturated heterocycles. The Bertz CT molecular complexity index is 622. The summed E-state index contributed by atoms with van der Waals surface area (Å²) in [7, 11) is -3.33. The molecule has 1 aromatic rings. The fourth-order valence-corrected chi connectivity index (χ4v) is 2.96. The smallest absolute Gasteiger partial charge is 0.256 e. The Kier molecular flexibility index (Phi) is 4.84. The fourth-order valence-electron chi connectivity index (χ4n) is 2.31. The molecule has 1 heterocycles. The van der Waals surface area contributed by atoms with Gasteiger partial charge < -0.3 is 15.5 Å². The number of sulfone groups is 1. The molecule has 2 rings (SSSR count). The van der Waals surface area contributed by atoms with E-state index in [4.69, 9.17) is 0 Å². The van der Waals surface area contributed by atoms with Crippen LogP contribution in [-0.4, -0.2) is 58.2 Å². The predicted molar refractivity (Wildman–Crippen MR) is 82.5 cm³/mol. The van der Waals surface area contributed by atoms with Crippen LogP contribution in [-0.2, 0) is 9.84 Å². The van der Waals surface area contributed by atoms with Gasteiger partial charge in [-0.3, -0.25) is 4.79 Å². The van der Waals surface area contributed by atoms with Crippen LogP contribution in [0.1, 0.15) is 17.3 Å². The first-order chi connectivity index (χ1) is 9.93. The van der Waals surface area contributed by atoms with E-state index in [-0.39, 0.29) is 10.8 Å². The van der Waals surface area contributed by atoms with Gasteiger partial charge in [0.05, 0.1) is 10.5 Å². The lowest BCUT2D eigenvalue weighted by Gasteiger charge is -2.28. The van der Waals surface area contributed by atoms with Crippen LogP contribution in [0.25, 0.3) is 0 Å². The number of nitrogens with one attached hydrogen (secondary N) is 2. The summed E-state index contributed by atoms with van der Waals surface area (Å²) in [4.78, 5) is 14.6. The second-order valence-electron chi connectivity index (χ2n) is 5.05. The minimum Gasteiger partial charge on any atom is -0.385 e. The third kappa shape index (κ3) is 3.74. The Hall–Kier alpha value is -1.60. The van der Waals surface area contributed by atoms with Gasteiger partial charge in [0.15, 0.2) is 9.84 Å². The highest BCUT2D eigenvalue weighted by Crippen LogP contribution is 2.22. The topological polar surface area (TPSA) is 78.5 Å². The molecule has 116 valence electrons. The molecule has 0 bridgehead atoms. The average molecular weight is 311 g/mol. The van der Waals surface area contributed by atoms with Crippen LogP contribution in [0.15, 0.2) is 23.1 Å². The molecule has 21 heavy (non-hydrogen) atoms. The zero-order valence-corrected chi connectivity index (χ0v) is 13.2. The first-order valence-corrected chi connectivity index (χ1v) is 8.90. The third-order valence-electron chi connectivity index (χ3n) is 3.42. The van der Waals surface area contributed by atoms with Crippen molar-refractivity contribution >= 4 is 21.4 Å². The highest BCUT2D eigenvalue weighted by atomic mass is 32.2. The van der Waals surface area contributed by atoms with Gasteiger partial charge >= 0.3 is 0 Å². The number of carbonyl (C=O) groups excluding carboxylic acids is 1. The van der Waals surface area contributed by atoms with Crippen molar-refractivity contribution in [2.45, 2.75) is 11.8 Å². The molecule has 2 N–H and O–H groups in total. The summed E-state index contributed by atoms with van der Waals surface area (Å²) in [6.45, 7) is 5.38. The lowest BCUT2D eigenvalue weighted by molar-refractivity contribution is 0.0736. The van der Waals surface area contributed by atoms with Crippen LogP contribution in [0.3, 0.4) is 0 Å². The van der Waals surface area contributed by atoms with E-state index in [1.54, 1.807) is 11.0 Å². The number of amides is 1. The van der Waals surface area contributed by atoms with Crippen molar-refractivity contribution in [2.75, 3.05) is 44.3 Å². The maximum absolute atomic E-state index is 12.6. The summed E-state index contributed by atoms with van der Waals surface area (Å²) in [5, 5.41) is 6.31. The number of anilines is 1. The van der Waals surface area contributed by atoms with Crippen LogP contribution in [0.2, 0.25) is 0 Å². The highest BCUT2D eigenvalue weighted by molar-refractivity contribution is 7.90. The third-order valence-corrected chi connectivity index (χ3v) is 4.53. The molecule has 0 saturated carbocycles. The highest BCUT2D eigenvalue weighted by Gasteiger charge is 2.22. The molecular weight excluding hydrogens is 290 g/mol. The lowest BCUT2D eigenvalue weighted by Crippen LogP contribution is -2.46. The average Bonchev–Trinajstić information content (AvgIpc) is 2.47. The zero-order valence-electron chi connectivity index (χ0n) is 12.3. The Morgan fingerprint density at radius 1 is 1.33 bits per heavy atom. The van der Waals surface area contributed by atoms with Gasteiger partial charge in [0.1, 0.15) is 0 Å². The first-order valence-electron chi connectivity index (χ1n) is 7.01. The standard InChI is InChI=1S/C14H21N3O3S/c1-3-16-13-5-4-11(21(2,19)20)10-12(13)14(18)17-8-6-15-7-9-17/h4-5,10,15-16H,3,6-9H2,1-2H3. The zero-order chi connectivity index (χ0) is 15.5. The van der Waals surface area contributed by atoms with E-state index in [0.717, 1.165) is 19.3 Å². The molecule has 1 aromatic carbocycles. The normalized spacial score (nSPS) is 15.8. The van der Waals surface area contributed by atoms with Crippen LogP contribution < -0.4 is 10.6 Å². The Balaban J connectivity index is 2.40. The van der Waals surface area contributed by atoms with Crippen LogP contribution in [0.4, 0.5) is 5.69 Å². The van der Waals surface area contributed by atoms with E-state index in [2.05, 4.69) is 10.6 Å². The van der Waals surface area contributed by atoms with Gasteiger partial charge in [-0.25, -0.2) is 8.42 Å². The Morgan fingerprint density at radius 2 is 2.00 bits per heavy atom. The van der Waals surface area contributed by atoms with E-state index in [9.17, 15) is 13.2 Å². The first kappa shape index (κ1) is 15.8. The van der Waals surface area contributed by atoms with Gasteiger partial charge in [-0.2, -0.15) is 0 Å². The summed E-state index contributed by atoms with van der Waals surface area (Å²) in [6.07, 6.45) is 1.15. The molecule has 1 aliphatic heterocycles. The van der Waals surface area contributed by atoms with Crippen LogP contribution >= 0.6 is 0 Å². The molecule has 0 unspecified atom stereocenters. The van der Waals surface area contributed by atoms with Crippen LogP contribution in [0, 0.1) is 0 Å². The molecule has 1 aliphatic rings. The van der Waals surface area contributed by atoms with E-state index in [1.165, 1.54) is 12.1 Å². The minimum atomic E-state index is -3.33. The molecule has 7 heteroatoms. The number of hydrogen-bond acceptors (Lipinski definition) is 5. The summed E-state index contributed by atoms with van der Waals surface area (Å²) in [5.74, 6) is -0.127. The molecule has 0 atom stereocenters. The van der Waals surface area contributed by atoms with Crippen molar-refractivity contribution < 1.29 is 13.2 Å². The molecule has 0 aliphatic carbocycles. The van der Waals surface area contributed by atoms with Gasteiger partial charge in [-0.05, 0) is 25.1 Å². The fraction of sp³-hybridized carbons (Fsp3) is 0.500. The monoisotopic (exact) mass is 311 g/mol. The molecular formula is C14H21N3O3S. The number of benzene rings is 1. The van der Waals surface area contributed by atoms with Crippen molar-refractivity contribution in [3.63, 3.8) is 0 Å². The van der Waals surface area contributed by atoms with Crippen LogP contribution in [0.5, 0.6) is 0 Å². The lowest BCUT2D eigenvalue weighted by atomic mass is 10.1. The van der Waals surface area contributed by atoms with Gasteiger partial charge in [-0.1, -0.05) is 0 Å². The molecule has 0 spiro atoms. The van der Waals surface area contributed by atoms with E-state index in [1.807, 2.05) is 6.92 Å². The maximum Gasteiger partial charge on any atom is 0.256 e. The van der Waals surface area contributed by atoms with E-state index < -0.39 is 9.84 Å². The molecule has 0 aromatic heterocycles. The number of nitrogens with zero attached hydrogens (tertiary/aromatic N) is 1. The number of carbonyl (C=O) groups is 1. The van der Waals surface area contributed by atoms with Crippen molar-refractivity contribution in [3.8, 4) is 0 Å². The van der Waals surface area contributed by atoms with Crippen molar-refractivity contribution in [1.29, 1.82) is 0 Å². The summed E-state index contributed by atoms with van der Waals surface area (Å²) >= 11 is 0. The maximum atomic E-state index is 12.6. The van der Waals surface area contributed by atoms with E-state index in [0.29, 0.717) is 30.9 Å². The Labute approximate surface area is 125 Å². The largest absolute Gasteiger partial charge is 0.385 e.